The van der Waals surface area contributed by atoms with E-state index in [-0.39, 0.29) is 29.0 Å². The number of thioether (sulfide) groups is 1. The number of carbonyl (C=O) groups is 2. The van der Waals surface area contributed by atoms with Crippen molar-refractivity contribution in [2.75, 3.05) is 5.75 Å². The zero-order chi connectivity index (χ0) is 24.1. The van der Waals surface area contributed by atoms with Crippen molar-refractivity contribution in [3.8, 4) is 0 Å². The number of halogens is 1. The van der Waals surface area contributed by atoms with Gasteiger partial charge in [-0.2, -0.15) is 0 Å². The zero-order valence-corrected chi connectivity index (χ0v) is 20.8. The molecule has 0 aliphatic heterocycles. The van der Waals surface area contributed by atoms with Gasteiger partial charge in [-0.05, 0) is 56.5 Å². The van der Waals surface area contributed by atoms with E-state index in [1.54, 1.807) is 47.0 Å². The average molecular weight is 486 g/mol. The highest BCUT2D eigenvalue weighted by molar-refractivity contribution is 7.99. The Labute approximate surface area is 202 Å². The number of fused-ring (bicyclic) bond motifs is 1. The van der Waals surface area contributed by atoms with Crippen molar-refractivity contribution in [1.82, 2.24) is 14.9 Å². The molecule has 6 nitrogen and oxygen atoms in total. The highest BCUT2D eigenvalue weighted by Gasteiger charge is 2.16. The molecule has 0 aliphatic rings. The first-order chi connectivity index (χ1) is 15.7. The van der Waals surface area contributed by atoms with Crippen molar-refractivity contribution < 1.29 is 9.59 Å². The molecular weight excluding hydrogens is 458 g/mol. The smallest absolute Gasteiger partial charge is 0.262 e. The summed E-state index contributed by atoms with van der Waals surface area (Å²) in [5.41, 5.74) is 1.22. The Bertz CT molecular complexity index is 1240. The third-order valence-electron chi connectivity index (χ3n) is 5.01. The van der Waals surface area contributed by atoms with Crippen molar-refractivity contribution in [2.45, 2.75) is 51.9 Å². The Morgan fingerprint density at radius 1 is 1.09 bits per heavy atom. The van der Waals surface area contributed by atoms with E-state index in [1.807, 2.05) is 13.8 Å². The number of nitrogens with zero attached hydrogens (tertiary/aromatic N) is 2. The van der Waals surface area contributed by atoms with Gasteiger partial charge < -0.3 is 5.32 Å². The summed E-state index contributed by atoms with van der Waals surface area (Å²) in [6.07, 6.45) is 0.803. The summed E-state index contributed by atoms with van der Waals surface area (Å²) in [6, 6.07) is 11.7. The predicted octanol–water partition coefficient (Wildman–Crippen LogP) is 5.21. The second kappa shape index (κ2) is 11.0. The van der Waals surface area contributed by atoms with E-state index in [0.717, 1.165) is 6.42 Å². The molecule has 8 heteroatoms. The molecule has 0 saturated carbocycles. The molecule has 0 spiro atoms. The van der Waals surface area contributed by atoms with Crippen LogP contribution in [0.3, 0.4) is 0 Å². The lowest BCUT2D eigenvalue weighted by Gasteiger charge is -2.15. The molecule has 0 bridgehead atoms. The molecule has 0 aliphatic carbocycles. The fraction of sp³-hybridized carbons (Fsp3) is 0.360. The average Bonchev–Trinajstić information content (AvgIpc) is 2.76. The third kappa shape index (κ3) is 6.45. The fourth-order valence-corrected chi connectivity index (χ4v) is 4.37. The predicted molar refractivity (Wildman–Crippen MR) is 135 cm³/mol. The lowest BCUT2D eigenvalue weighted by atomic mass is 10.1. The largest absolute Gasteiger partial charge is 0.350 e. The summed E-state index contributed by atoms with van der Waals surface area (Å²) in [7, 11) is 0. The van der Waals surface area contributed by atoms with Gasteiger partial charge in [0.15, 0.2) is 10.9 Å². The third-order valence-corrected chi connectivity index (χ3v) is 6.22. The molecule has 2 aromatic carbocycles. The normalized spacial score (nSPS) is 11.4. The van der Waals surface area contributed by atoms with Crippen LogP contribution in [0.25, 0.3) is 10.9 Å². The Kier molecular flexibility index (Phi) is 8.32. The molecule has 1 heterocycles. The van der Waals surface area contributed by atoms with E-state index < -0.39 is 0 Å². The Hall–Kier alpha value is -2.64. The SMILES string of the molecule is CC(C)CCn1c(SCC(=O)c2cccc(Cl)c2)nc2cc(C(=O)NC(C)C)ccc2c1=O. The minimum atomic E-state index is -0.219. The number of nitrogens with one attached hydrogen (secondary N) is 1. The molecule has 1 aromatic heterocycles. The van der Waals surface area contributed by atoms with Crippen molar-refractivity contribution in [2.24, 2.45) is 5.92 Å². The summed E-state index contributed by atoms with van der Waals surface area (Å²) in [5, 5.41) is 4.26. The van der Waals surface area contributed by atoms with E-state index in [1.165, 1.54) is 11.8 Å². The molecule has 1 N–H and O–H groups in total. The summed E-state index contributed by atoms with van der Waals surface area (Å²) < 4.78 is 1.63. The van der Waals surface area contributed by atoms with Gasteiger partial charge in [-0.25, -0.2) is 4.98 Å². The van der Waals surface area contributed by atoms with Gasteiger partial charge in [-0.3, -0.25) is 19.0 Å². The van der Waals surface area contributed by atoms with Crippen LogP contribution in [-0.2, 0) is 6.54 Å². The number of aromatic nitrogens is 2. The van der Waals surface area contributed by atoms with E-state index in [0.29, 0.717) is 44.7 Å². The highest BCUT2D eigenvalue weighted by atomic mass is 35.5. The van der Waals surface area contributed by atoms with E-state index in [4.69, 9.17) is 11.6 Å². The number of carbonyl (C=O) groups excluding carboxylic acids is 2. The molecule has 0 unspecified atom stereocenters. The lowest BCUT2D eigenvalue weighted by molar-refractivity contribution is 0.0942. The Balaban J connectivity index is 1.97. The van der Waals surface area contributed by atoms with Crippen LogP contribution in [0.5, 0.6) is 0 Å². The molecule has 0 fully saturated rings. The lowest BCUT2D eigenvalue weighted by Crippen LogP contribution is -2.30. The van der Waals surface area contributed by atoms with Gasteiger partial charge in [0.05, 0.1) is 16.7 Å². The van der Waals surface area contributed by atoms with Crippen molar-refractivity contribution >= 4 is 46.0 Å². The maximum atomic E-state index is 13.3. The number of ketones is 1. The summed E-state index contributed by atoms with van der Waals surface area (Å²) in [4.78, 5) is 43.1. The molecule has 0 atom stereocenters. The Morgan fingerprint density at radius 3 is 2.52 bits per heavy atom. The molecule has 3 rings (SSSR count). The van der Waals surface area contributed by atoms with Gasteiger partial charge in [0.2, 0.25) is 0 Å². The summed E-state index contributed by atoms with van der Waals surface area (Å²) >= 11 is 7.23. The number of amides is 1. The first-order valence-electron chi connectivity index (χ1n) is 10.9. The highest BCUT2D eigenvalue weighted by Crippen LogP contribution is 2.22. The standard InChI is InChI=1S/C25H28ClN3O3S/c1-15(2)10-11-29-24(32)20-9-8-18(23(31)27-16(3)4)13-21(20)28-25(29)33-14-22(30)17-6-5-7-19(26)12-17/h5-9,12-13,15-16H,10-11,14H2,1-4H3,(H,27,31). The molecular formula is C25H28ClN3O3S. The second-order valence-electron chi connectivity index (χ2n) is 8.62. The van der Waals surface area contributed by atoms with Gasteiger partial charge in [0.1, 0.15) is 0 Å². The van der Waals surface area contributed by atoms with Crippen LogP contribution >= 0.6 is 23.4 Å². The van der Waals surface area contributed by atoms with Crippen LogP contribution in [0.4, 0.5) is 0 Å². The van der Waals surface area contributed by atoms with Gasteiger partial charge in [-0.1, -0.05) is 49.3 Å². The number of rotatable bonds is 9. The second-order valence-corrected chi connectivity index (χ2v) is 9.99. The fourth-order valence-electron chi connectivity index (χ4n) is 3.26. The first-order valence-corrected chi connectivity index (χ1v) is 12.3. The molecule has 0 radical (unpaired) electrons. The van der Waals surface area contributed by atoms with Crippen LogP contribution in [0, 0.1) is 5.92 Å². The minimum absolute atomic E-state index is 0.00573. The molecule has 0 saturated heterocycles. The van der Waals surface area contributed by atoms with E-state index in [9.17, 15) is 14.4 Å². The van der Waals surface area contributed by atoms with Crippen LogP contribution in [-0.4, -0.2) is 33.0 Å². The van der Waals surface area contributed by atoms with Crippen LogP contribution in [0.1, 0.15) is 54.8 Å². The van der Waals surface area contributed by atoms with Gasteiger partial charge in [0.25, 0.3) is 11.5 Å². The van der Waals surface area contributed by atoms with Crippen molar-refractivity contribution in [1.29, 1.82) is 0 Å². The van der Waals surface area contributed by atoms with E-state index in [2.05, 4.69) is 24.1 Å². The molecule has 3 aromatic rings. The number of Topliss-reactive ketones (excluding diaryl/α,β-unsaturated/α-hetero) is 1. The topological polar surface area (TPSA) is 81.1 Å². The first kappa shape index (κ1) is 25.0. The number of hydrogen-bond acceptors (Lipinski definition) is 5. The quantitative estimate of drug-likeness (QED) is 0.255. The summed E-state index contributed by atoms with van der Waals surface area (Å²) in [5.74, 6) is 0.203. The molecule has 33 heavy (non-hydrogen) atoms. The number of hydrogen-bond donors (Lipinski definition) is 1. The molecule has 174 valence electrons. The Morgan fingerprint density at radius 2 is 1.85 bits per heavy atom. The van der Waals surface area contributed by atoms with E-state index >= 15 is 0 Å². The summed E-state index contributed by atoms with van der Waals surface area (Å²) in [6.45, 7) is 8.46. The van der Waals surface area contributed by atoms with Crippen molar-refractivity contribution in [3.63, 3.8) is 0 Å². The number of benzene rings is 2. The van der Waals surface area contributed by atoms with Gasteiger partial charge >= 0.3 is 0 Å². The monoisotopic (exact) mass is 485 g/mol. The van der Waals surface area contributed by atoms with Gasteiger partial charge in [0, 0.05) is 28.7 Å². The minimum Gasteiger partial charge on any atom is -0.350 e. The maximum absolute atomic E-state index is 13.3. The van der Waals surface area contributed by atoms with Crippen LogP contribution in [0.2, 0.25) is 5.02 Å². The zero-order valence-electron chi connectivity index (χ0n) is 19.2. The maximum Gasteiger partial charge on any atom is 0.262 e. The van der Waals surface area contributed by atoms with Crippen molar-refractivity contribution in [3.05, 3.63) is 69.0 Å². The molecule has 1 amide bonds. The van der Waals surface area contributed by atoms with Crippen LogP contribution in [0.15, 0.2) is 52.4 Å². The van der Waals surface area contributed by atoms with Crippen LogP contribution < -0.4 is 10.9 Å². The van der Waals surface area contributed by atoms with Gasteiger partial charge in [-0.15, -0.1) is 0 Å².